The Labute approximate surface area is 94.2 Å². The van der Waals surface area contributed by atoms with Crippen molar-refractivity contribution in [2.45, 2.75) is 12.5 Å². The first-order valence-corrected chi connectivity index (χ1v) is 5.38. The summed E-state index contributed by atoms with van der Waals surface area (Å²) in [5, 5.41) is 12.4. The molecule has 1 aliphatic heterocycles. The number of hydrogen-bond donors (Lipinski definition) is 2. The number of rotatable bonds is 3. The molecule has 1 aromatic carbocycles. The monoisotopic (exact) mass is 221 g/mol. The number of benzene rings is 1. The first kappa shape index (κ1) is 11.1. The van der Waals surface area contributed by atoms with E-state index in [2.05, 4.69) is 5.32 Å². The van der Waals surface area contributed by atoms with Gasteiger partial charge in [0.1, 0.15) is 11.9 Å². The van der Waals surface area contributed by atoms with Gasteiger partial charge in [-0.15, -0.1) is 0 Å². The number of ether oxygens (including phenoxy) is 1. The van der Waals surface area contributed by atoms with E-state index in [-0.39, 0.29) is 17.6 Å². The van der Waals surface area contributed by atoms with Crippen LogP contribution in [0.15, 0.2) is 24.3 Å². The Morgan fingerprint density at radius 2 is 2.44 bits per heavy atom. The molecule has 2 rings (SSSR count). The summed E-state index contributed by atoms with van der Waals surface area (Å²) < 4.78 is 5.37. The highest BCUT2D eigenvalue weighted by atomic mass is 16.5. The molecule has 1 heterocycles. The molecular weight excluding hydrogens is 206 g/mol. The second-order valence-corrected chi connectivity index (χ2v) is 3.88. The van der Waals surface area contributed by atoms with Gasteiger partial charge in [0.05, 0.1) is 6.61 Å². The molecule has 1 fully saturated rings. The minimum atomic E-state index is -0.351. The van der Waals surface area contributed by atoms with Crippen molar-refractivity contribution in [1.29, 1.82) is 0 Å². The van der Waals surface area contributed by atoms with Crippen molar-refractivity contribution >= 4 is 5.78 Å². The maximum atomic E-state index is 11.8. The quantitative estimate of drug-likeness (QED) is 0.780. The SMILES string of the molecule is O=C(Cc1cccc(O)c1)C1CNCCO1. The van der Waals surface area contributed by atoms with Crippen LogP contribution in [-0.4, -0.2) is 36.7 Å². The highest BCUT2D eigenvalue weighted by Gasteiger charge is 2.21. The van der Waals surface area contributed by atoms with E-state index < -0.39 is 0 Å². The summed E-state index contributed by atoms with van der Waals surface area (Å²) >= 11 is 0. The molecule has 1 atom stereocenters. The Kier molecular flexibility index (Phi) is 3.54. The zero-order valence-electron chi connectivity index (χ0n) is 8.98. The van der Waals surface area contributed by atoms with Gasteiger partial charge in [-0.1, -0.05) is 12.1 Å². The van der Waals surface area contributed by atoms with Crippen molar-refractivity contribution in [1.82, 2.24) is 5.32 Å². The van der Waals surface area contributed by atoms with Crippen LogP contribution in [0.3, 0.4) is 0 Å². The molecule has 1 saturated heterocycles. The van der Waals surface area contributed by atoms with E-state index in [0.29, 0.717) is 19.6 Å². The third kappa shape index (κ3) is 2.81. The Hall–Kier alpha value is -1.39. The fourth-order valence-corrected chi connectivity index (χ4v) is 1.75. The molecule has 4 nitrogen and oxygen atoms in total. The normalized spacial score (nSPS) is 20.6. The van der Waals surface area contributed by atoms with Crippen molar-refractivity contribution in [3.05, 3.63) is 29.8 Å². The first-order chi connectivity index (χ1) is 7.75. The smallest absolute Gasteiger partial charge is 0.167 e. The van der Waals surface area contributed by atoms with Crippen LogP contribution in [0, 0.1) is 0 Å². The van der Waals surface area contributed by atoms with Crippen LogP contribution in [0.5, 0.6) is 5.75 Å². The lowest BCUT2D eigenvalue weighted by Gasteiger charge is -2.22. The molecule has 1 aromatic rings. The molecule has 0 bridgehead atoms. The molecule has 0 spiro atoms. The molecule has 86 valence electrons. The second-order valence-electron chi connectivity index (χ2n) is 3.88. The van der Waals surface area contributed by atoms with Crippen LogP contribution in [0.4, 0.5) is 0 Å². The third-order valence-corrected chi connectivity index (χ3v) is 2.58. The standard InChI is InChI=1S/C12H15NO3/c14-10-3-1-2-9(6-10)7-11(15)12-8-13-4-5-16-12/h1-3,6,12-14H,4-5,7-8H2. The van der Waals surface area contributed by atoms with Gasteiger partial charge in [0.25, 0.3) is 0 Å². The predicted octanol–water partition coefficient (Wildman–Crippen LogP) is 0.492. The Balaban J connectivity index is 1.96. The molecule has 16 heavy (non-hydrogen) atoms. The van der Waals surface area contributed by atoms with Crippen molar-refractivity contribution in [3.8, 4) is 5.75 Å². The summed E-state index contributed by atoms with van der Waals surface area (Å²) in [4.78, 5) is 11.8. The van der Waals surface area contributed by atoms with Gasteiger partial charge in [-0.3, -0.25) is 4.79 Å². The topological polar surface area (TPSA) is 58.6 Å². The van der Waals surface area contributed by atoms with Gasteiger partial charge in [-0.2, -0.15) is 0 Å². The van der Waals surface area contributed by atoms with Crippen LogP contribution in [-0.2, 0) is 16.0 Å². The van der Waals surface area contributed by atoms with E-state index in [4.69, 9.17) is 4.74 Å². The van der Waals surface area contributed by atoms with Gasteiger partial charge in [-0.05, 0) is 17.7 Å². The van der Waals surface area contributed by atoms with E-state index in [9.17, 15) is 9.90 Å². The summed E-state index contributed by atoms with van der Waals surface area (Å²) in [5.41, 5.74) is 0.819. The molecule has 0 aromatic heterocycles. The number of phenols is 1. The fraction of sp³-hybridized carbons (Fsp3) is 0.417. The number of phenolic OH excluding ortho intramolecular Hbond substituents is 1. The van der Waals surface area contributed by atoms with Crippen molar-refractivity contribution in [2.24, 2.45) is 0 Å². The zero-order valence-corrected chi connectivity index (χ0v) is 8.98. The fourth-order valence-electron chi connectivity index (χ4n) is 1.75. The highest BCUT2D eigenvalue weighted by Crippen LogP contribution is 2.13. The van der Waals surface area contributed by atoms with Gasteiger partial charge in [0.15, 0.2) is 5.78 Å². The average molecular weight is 221 g/mol. The number of ketones is 1. The zero-order chi connectivity index (χ0) is 11.4. The molecule has 2 N–H and O–H groups in total. The number of morpholine rings is 1. The minimum absolute atomic E-state index is 0.0535. The van der Waals surface area contributed by atoms with Gasteiger partial charge in [0, 0.05) is 19.5 Å². The predicted molar refractivity (Wildman–Crippen MR) is 59.4 cm³/mol. The lowest BCUT2D eigenvalue weighted by molar-refractivity contribution is -0.131. The van der Waals surface area contributed by atoms with Crippen molar-refractivity contribution < 1.29 is 14.6 Å². The van der Waals surface area contributed by atoms with Crippen molar-refractivity contribution in [2.75, 3.05) is 19.7 Å². The maximum Gasteiger partial charge on any atom is 0.167 e. The summed E-state index contributed by atoms with van der Waals surface area (Å²) in [6.07, 6.45) is -0.0445. The number of carbonyl (C=O) groups excluding carboxylic acids is 1. The summed E-state index contributed by atoms with van der Waals surface area (Å²) in [5.74, 6) is 0.241. The van der Waals surface area contributed by atoms with E-state index in [0.717, 1.165) is 12.1 Å². The Morgan fingerprint density at radius 1 is 1.56 bits per heavy atom. The Morgan fingerprint density at radius 3 is 3.12 bits per heavy atom. The molecule has 1 aliphatic rings. The highest BCUT2D eigenvalue weighted by molar-refractivity contribution is 5.85. The van der Waals surface area contributed by atoms with E-state index in [1.165, 1.54) is 0 Å². The van der Waals surface area contributed by atoms with Crippen LogP contribution in [0.2, 0.25) is 0 Å². The summed E-state index contributed by atoms with van der Waals surface area (Å²) in [7, 11) is 0. The summed E-state index contributed by atoms with van der Waals surface area (Å²) in [6.45, 7) is 1.96. The van der Waals surface area contributed by atoms with Gasteiger partial charge in [0.2, 0.25) is 0 Å². The third-order valence-electron chi connectivity index (χ3n) is 2.58. The van der Waals surface area contributed by atoms with Crippen molar-refractivity contribution in [3.63, 3.8) is 0 Å². The van der Waals surface area contributed by atoms with E-state index in [1.807, 2.05) is 6.07 Å². The number of carbonyl (C=O) groups is 1. The van der Waals surface area contributed by atoms with Crippen LogP contribution in [0.1, 0.15) is 5.56 Å². The Bertz CT molecular complexity index is 372. The number of aromatic hydroxyl groups is 1. The van der Waals surface area contributed by atoms with E-state index in [1.54, 1.807) is 18.2 Å². The molecule has 4 heteroatoms. The molecule has 1 unspecified atom stereocenters. The van der Waals surface area contributed by atoms with Crippen LogP contribution in [0.25, 0.3) is 0 Å². The van der Waals surface area contributed by atoms with E-state index >= 15 is 0 Å². The number of nitrogens with one attached hydrogen (secondary N) is 1. The molecule has 0 radical (unpaired) electrons. The second kappa shape index (κ2) is 5.09. The van der Waals surface area contributed by atoms with Crippen LogP contribution >= 0.6 is 0 Å². The maximum absolute atomic E-state index is 11.8. The molecule has 0 aliphatic carbocycles. The van der Waals surface area contributed by atoms with Gasteiger partial charge in [-0.25, -0.2) is 0 Å². The first-order valence-electron chi connectivity index (χ1n) is 5.38. The molecule has 0 amide bonds. The molecular formula is C12H15NO3. The van der Waals surface area contributed by atoms with Gasteiger partial charge >= 0.3 is 0 Å². The largest absolute Gasteiger partial charge is 0.508 e. The summed E-state index contributed by atoms with van der Waals surface area (Å²) in [6, 6.07) is 6.76. The average Bonchev–Trinajstić information content (AvgIpc) is 2.30. The number of Topliss-reactive ketones (excluding diaryl/α,β-unsaturated/α-hetero) is 1. The number of hydrogen-bond acceptors (Lipinski definition) is 4. The van der Waals surface area contributed by atoms with Gasteiger partial charge < -0.3 is 15.2 Å². The lowest BCUT2D eigenvalue weighted by atomic mass is 10.0. The van der Waals surface area contributed by atoms with Crippen LogP contribution < -0.4 is 5.32 Å². The lowest BCUT2D eigenvalue weighted by Crippen LogP contribution is -2.43. The minimum Gasteiger partial charge on any atom is -0.508 e. The molecule has 0 saturated carbocycles.